The Morgan fingerprint density at radius 3 is 1.38 bits per heavy atom. The maximum Gasteiger partial charge on any atom is 0.0540 e. The predicted octanol–water partition coefficient (Wildman–Crippen LogP) is 17.6. The molecule has 0 aliphatic carbocycles. The van der Waals surface area contributed by atoms with E-state index in [9.17, 15) is 0 Å². The van der Waals surface area contributed by atoms with Crippen LogP contribution in [0.25, 0.3) is 98.4 Å². The van der Waals surface area contributed by atoms with Gasteiger partial charge in [0.25, 0.3) is 0 Å². The van der Waals surface area contributed by atoms with Crippen LogP contribution in [0.3, 0.4) is 0 Å². The molecule has 0 heterocycles. The largest absolute Gasteiger partial charge is 0.310 e. The fourth-order valence-corrected chi connectivity index (χ4v) is 9.63. The molecular formula is C62H41N. The van der Waals surface area contributed by atoms with E-state index in [0.29, 0.717) is 0 Å². The van der Waals surface area contributed by atoms with Gasteiger partial charge in [-0.2, -0.15) is 0 Å². The molecule has 0 bridgehead atoms. The Morgan fingerprint density at radius 2 is 0.667 bits per heavy atom. The summed E-state index contributed by atoms with van der Waals surface area (Å²) in [6.07, 6.45) is 0. The number of nitrogens with zero attached hydrogens (tertiary/aromatic N) is 1. The lowest BCUT2D eigenvalue weighted by Crippen LogP contribution is -2.11. The molecule has 1 heteroatoms. The van der Waals surface area contributed by atoms with Crippen molar-refractivity contribution in [3.8, 4) is 44.5 Å². The average Bonchev–Trinajstić information content (AvgIpc) is 3.36. The van der Waals surface area contributed by atoms with Crippen LogP contribution in [0.4, 0.5) is 17.1 Å². The smallest absolute Gasteiger partial charge is 0.0540 e. The van der Waals surface area contributed by atoms with E-state index in [2.05, 4.69) is 254 Å². The third-order valence-electron chi connectivity index (χ3n) is 12.8. The lowest BCUT2D eigenvalue weighted by Gasteiger charge is -2.29. The maximum absolute atomic E-state index is 2.43. The first-order valence-electron chi connectivity index (χ1n) is 21.7. The van der Waals surface area contributed by atoms with Crippen LogP contribution in [-0.2, 0) is 0 Å². The van der Waals surface area contributed by atoms with Gasteiger partial charge >= 0.3 is 0 Å². The summed E-state index contributed by atoms with van der Waals surface area (Å²) in [7, 11) is 0. The molecule has 0 atom stereocenters. The molecule has 294 valence electrons. The molecule has 12 aromatic carbocycles. The Bertz CT molecular complexity index is 3650. The lowest BCUT2D eigenvalue weighted by atomic mass is 9.92. The Labute approximate surface area is 367 Å². The van der Waals surface area contributed by atoms with Crippen LogP contribution in [0.1, 0.15) is 0 Å². The summed E-state index contributed by atoms with van der Waals surface area (Å²) in [5.41, 5.74) is 12.8. The molecular weight excluding hydrogens is 759 g/mol. The van der Waals surface area contributed by atoms with E-state index < -0.39 is 0 Å². The molecule has 0 aliphatic rings. The Kier molecular flexibility index (Phi) is 8.90. The fraction of sp³-hybridized carbons (Fsp3) is 0. The summed E-state index contributed by atoms with van der Waals surface area (Å²) < 4.78 is 0. The zero-order valence-corrected chi connectivity index (χ0v) is 34.6. The summed E-state index contributed by atoms with van der Waals surface area (Å²) in [4.78, 5) is 2.43. The van der Waals surface area contributed by atoms with Crippen LogP contribution >= 0.6 is 0 Å². The van der Waals surface area contributed by atoms with Crippen LogP contribution in [0.5, 0.6) is 0 Å². The molecule has 0 amide bonds. The standard InChI is InChI=1S/C62H41N/c1-2-11-42(12-3-1)43-27-33-53(34-28-43)63(54-35-29-47(30-36-54)57-20-10-16-44-13-4-7-17-55(44)57)62-38-32-50(49-31-37-59-51(39-49)25-23-45-14-5-8-18-56(45)59)40-61(62)52-26-24-48-22-21-46-15-6-9-19-58(46)60(48)41-52/h1-41H. The van der Waals surface area contributed by atoms with E-state index in [4.69, 9.17) is 0 Å². The molecule has 0 radical (unpaired) electrons. The lowest BCUT2D eigenvalue weighted by molar-refractivity contribution is 1.28. The second-order valence-corrected chi connectivity index (χ2v) is 16.5. The van der Waals surface area contributed by atoms with E-state index >= 15 is 0 Å². The number of rotatable bonds is 7. The third kappa shape index (κ3) is 6.59. The van der Waals surface area contributed by atoms with Crippen molar-refractivity contribution < 1.29 is 0 Å². The van der Waals surface area contributed by atoms with Gasteiger partial charge in [-0.05, 0) is 141 Å². The molecule has 0 saturated carbocycles. The number of fused-ring (bicyclic) bond motifs is 7. The van der Waals surface area contributed by atoms with Gasteiger partial charge in [0.1, 0.15) is 0 Å². The van der Waals surface area contributed by atoms with Crippen molar-refractivity contribution in [1.82, 2.24) is 0 Å². The van der Waals surface area contributed by atoms with Crippen molar-refractivity contribution in [3.63, 3.8) is 0 Å². The Morgan fingerprint density at radius 1 is 0.206 bits per heavy atom. The molecule has 63 heavy (non-hydrogen) atoms. The second-order valence-electron chi connectivity index (χ2n) is 16.5. The summed E-state index contributed by atoms with van der Waals surface area (Å²) in [6, 6.07) is 91.3. The van der Waals surface area contributed by atoms with Crippen molar-refractivity contribution in [3.05, 3.63) is 249 Å². The van der Waals surface area contributed by atoms with Crippen LogP contribution in [0.15, 0.2) is 249 Å². The minimum atomic E-state index is 1.09. The summed E-state index contributed by atoms with van der Waals surface area (Å²) in [5.74, 6) is 0. The zero-order valence-electron chi connectivity index (χ0n) is 34.6. The van der Waals surface area contributed by atoms with Gasteiger partial charge in [0, 0.05) is 16.9 Å². The van der Waals surface area contributed by atoms with Gasteiger partial charge < -0.3 is 4.90 Å². The molecule has 0 fully saturated rings. The highest BCUT2D eigenvalue weighted by molar-refractivity contribution is 6.10. The van der Waals surface area contributed by atoms with Crippen molar-refractivity contribution in [1.29, 1.82) is 0 Å². The molecule has 12 rings (SSSR count). The monoisotopic (exact) mass is 799 g/mol. The average molecular weight is 800 g/mol. The summed E-state index contributed by atoms with van der Waals surface area (Å²) >= 11 is 0. The van der Waals surface area contributed by atoms with E-state index in [-0.39, 0.29) is 0 Å². The van der Waals surface area contributed by atoms with Gasteiger partial charge in [0.05, 0.1) is 5.69 Å². The molecule has 0 unspecified atom stereocenters. The zero-order chi connectivity index (χ0) is 41.7. The molecule has 0 aromatic heterocycles. The van der Waals surface area contributed by atoms with Crippen LogP contribution < -0.4 is 4.90 Å². The van der Waals surface area contributed by atoms with Gasteiger partial charge in [-0.15, -0.1) is 0 Å². The van der Waals surface area contributed by atoms with Gasteiger partial charge in [0.15, 0.2) is 0 Å². The first-order chi connectivity index (χ1) is 31.2. The number of anilines is 3. The molecule has 12 aromatic rings. The van der Waals surface area contributed by atoms with E-state index in [1.807, 2.05) is 0 Å². The van der Waals surface area contributed by atoms with E-state index in [0.717, 1.165) is 22.6 Å². The minimum absolute atomic E-state index is 1.09. The van der Waals surface area contributed by atoms with Crippen molar-refractivity contribution in [2.75, 3.05) is 4.90 Å². The van der Waals surface area contributed by atoms with Crippen molar-refractivity contribution in [2.24, 2.45) is 0 Å². The molecule has 1 nitrogen and oxygen atoms in total. The highest BCUT2D eigenvalue weighted by Gasteiger charge is 2.20. The van der Waals surface area contributed by atoms with Crippen molar-refractivity contribution in [2.45, 2.75) is 0 Å². The van der Waals surface area contributed by atoms with E-state index in [1.165, 1.54) is 92.8 Å². The predicted molar refractivity (Wildman–Crippen MR) is 270 cm³/mol. The normalized spacial score (nSPS) is 11.5. The third-order valence-corrected chi connectivity index (χ3v) is 12.8. The fourth-order valence-electron chi connectivity index (χ4n) is 9.63. The van der Waals surface area contributed by atoms with Crippen LogP contribution in [0, 0.1) is 0 Å². The Balaban J connectivity index is 1.06. The maximum atomic E-state index is 2.43. The van der Waals surface area contributed by atoms with Crippen LogP contribution in [0.2, 0.25) is 0 Å². The van der Waals surface area contributed by atoms with Crippen LogP contribution in [-0.4, -0.2) is 0 Å². The first-order valence-corrected chi connectivity index (χ1v) is 21.7. The SMILES string of the molecule is c1ccc(-c2ccc(N(c3ccc(-c4cccc5ccccc45)cc3)c3ccc(-c4ccc5c(ccc6ccccc65)c4)cc3-c3ccc4ccc5ccccc5c4c3)cc2)cc1. The van der Waals surface area contributed by atoms with Gasteiger partial charge in [0.2, 0.25) is 0 Å². The van der Waals surface area contributed by atoms with Gasteiger partial charge in [-0.1, -0.05) is 200 Å². The molecule has 0 aliphatic heterocycles. The van der Waals surface area contributed by atoms with Crippen molar-refractivity contribution >= 4 is 70.9 Å². The number of hydrogen-bond donors (Lipinski definition) is 0. The Hall–Kier alpha value is -8.26. The summed E-state index contributed by atoms with van der Waals surface area (Å²) in [5, 5.41) is 12.5. The van der Waals surface area contributed by atoms with Gasteiger partial charge in [-0.25, -0.2) is 0 Å². The quantitative estimate of drug-likeness (QED) is 0.145. The molecule has 0 saturated heterocycles. The van der Waals surface area contributed by atoms with Gasteiger partial charge in [-0.3, -0.25) is 0 Å². The second kappa shape index (κ2) is 15.3. The topological polar surface area (TPSA) is 3.24 Å². The minimum Gasteiger partial charge on any atom is -0.310 e. The molecule has 0 N–H and O–H groups in total. The number of hydrogen-bond acceptors (Lipinski definition) is 1. The molecule has 0 spiro atoms. The highest BCUT2D eigenvalue weighted by Crippen LogP contribution is 2.45. The highest BCUT2D eigenvalue weighted by atomic mass is 15.1. The summed E-state index contributed by atoms with van der Waals surface area (Å²) in [6.45, 7) is 0. The first kappa shape index (κ1) is 36.6. The van der Waals surface area contributed by atoms with E-state index in [1.54, 1.807) is 0 Å². The number of benzene rings is 12.